The Morgan fingerprint density at radius 1 is 1.30 bits per heavy atom. The summed E-state index contributed by atoms with van der Waals surface area (Å²) in [6.45, 7) is 0.303. The maximum atomic E-state index is 13.3. The third-order valence-electron chi connectivity index (χ3n) is 4.95. The topological polar surface area (TPSA) is 189 Å². The lowest BCUT2D eigenvalue weighted by Crippen LogP contribution is -2.66. The molecule has 164 valence electrons. The zero-order valence-corrected chi connectivity index (χ0v) is 16.9. The second-order valence-electron chi connectivity index (χ2n) is 7.13. The summed E-state index contributed by atoms with van der Waals surface area (Å²) in [6, 6.07) is 4.16. The van der Waals surface area contributed by atoms with Gasteiger partial charge in [-0.1, -0.05) is 12.1 Å². The van der Waals surface area contributed by atoms with Gasteiger partial charge in [0.2, 0.25) is 17.7 Å². The van der Waals surface area contributed by atoms with Crippen molar-refractivity contribution in [2.75, 3.05) is 20.1 Å². The van der Waals surface area contributed by atoms with Crippen molar-refractivity contribution in [2.45, 2.75) is 37.4 Å². The Morgan fingerprint density at radius 2 is 1.97 bits per heavy atom. The molecule has 3 amide bonds. The number of hydrogen-bond donors (Lipinski definition) is 6. The van der Waals surface area contributed by atoms with Gasteiger partial charge in [0.15, 0.2) is 5.96 Å². The molecule has 1 aliphatic heterocycles. The fourth-order valence-electron chi connectivity index (χ4n) is 3.34. The molecule has 0 radical (unpaired) electrons. The smallest absolute Gasteiger partial charge is 0.243 e. The second kappa shape index (κ2) is 10.4. The maximum absolute atomic E-state index is 13.3. The number of carbonyl (C=O) groups is 3. The normalized spacial score (nSPS) is 19.6. The third-order valence-corrected chi connectivity index (χ3v) is 4.95. The number of likely N-dealkylation sites (N-methyl/N-ethyl adjacent to an activating group) is 1. The van der Waals surface area contributed by atoms with Crippen LogP contribution in [0.2, 0.25) is 0 Å². The Balaban J connectivity index is 2.18. The molecule has 3 atom stereocenters. The number of nitrogens with one attached hydrogen (secondary N) is 2. The second-order valence-corrected chi connectivity index (χ2v) is 7.13. The first-order valence-electron chi connectivity index (χ1n) is 9.63. The minimum atomic E-state index is -0.957. The van der Waals surface area contributed by atoms with Gasteiger partial charge in [0.05, 0.1) is 12.6 Å². The fraction of sp³-hybridized carbons (Fsp3) is 0.474. The van der Waals surface area contributed by atoms with Crippen LogP contribution in [0, 0.1) is 0 Å². The van der Waals surface area contributed by atoms with E-state index >= 15 is 0 Å². The van der Waals surface area contributed by atoms with Gasteiger partial charge in [-0.15, -0.1) is 0 Å². The van der Waals surface area contributed by atoms with Crippen molar-refractivity contribution in [3.05, 3.63) is 29.8 Å². The molecule has 1 heterocycles. The van der Waals surface area contributed by atoms with Gasteiger partial charge in [0.1, 0.15) is 17.8 Å². The van der Waals surface area contributed by atoms with E-state index in [1.807, 2.05) is 0 Å². The van der Waals surface area contributed by atoms with Crippen molar-refractivity contribution in [3.8, 4) is 5.75 Å². The van der Waals surface area contributed by atoms with Gasteiger partial charge in [-0.05, 0) is 44.0 Å². The number of piperazine rings is 1. The van der Waals surface area contributed by atoms with E-state index in [0.29, 0.717) is 25.8 Å². The van der Waals surface area contributed by atoms with Crippen LogP contribution in [0.25, 0.3) is 0 Å². The molecule has 1 saturated heterocycles. The number of rotatable bonds is 9. The Bertz CT molecular complexity index is 793. The van der Waals surface area contributed by atoms with Crippen LogP contribution in [0.5, 0.6) is 5.75 Å². The largest absolute Gasteiger partial charge is 0.508 e. The number of benzene rings is 1. The first-order valence-corrected chi connectivity index (χ1v) is 9.63. The predicted octanol–water partition coefficient (Wildman–Crippen LogP) is -2.24. The summed E-state index contributed by atoms with van der Waals surface area (Å²) in [7, 11) is 1.65. The molecule has 0 aromatic heterocycles. The van der Waals surface area contributed by atoms with Crippen molar-refractivity contribution >= 4 is 23.7 Å². The molecule has 0 bridgehead atoms. The number of primary amides is 1. The average molecular weight is 419 g/mol. The molecule has 1 fully saturated rings. The Kier molecular flexibility index (Phi) is 7.98. The van der Waals surface area contributed by atoms with E-state index in [9.17, 15) is 19.5 Å². The molecule has 0 spiro atoms. The Hall–Kier alpha value is -3.34. The minimum Gasteiger partial charge on any atom is -0.508 e. The van der Waals surface area contributed by atoms with Crippen LogP contribution < -0.4 is 27.8 Å². The summed E-state index contributed by atoms with van der Waals surface area (Å²) >= 11 is 0. The van der Waals surface area contributed by atoms with E-state index in [1.165, 1.54) is 17.0 Å². The molecule has 9 N–H and O–H groups in total. The monoisotopic (exact) mass is 419 g/mol. The summed E-state index contributed by atoms with van der Waals surface area (Å²) in [5.41, 5.74) is 16.8. The number of aromatic hydroxyl groups is 1. The summed E-state index contributed by atoms with van der Waals surface area (Å²) in [5.74, 6) is -1.39. The Morgan fingerprint density at radius 3 is 2.53 bits per heavy atom. The molecule has 0 unspecified atom stereocenters. The number of nitrogens with two attached hydrogens (primary N) is 3. The van der Waals surface area contributed by atoms with Crippen molar-refractivity contribution in [1.29, 1.82) is 0 Å². The van der Waals surface area contributed by atoms with Gasteiger partial charge >= 0.3 is 0 Å². The number of hydrogen-bond acceptors (Lipinski definition) is 6. The van der Waals surface area contributed by atoms with Crippen molar-refractivity contribution < 1.29 is 19.5 Å². The number of nitrogens with zero attached hydrogens (tertiary/aromatic N) is 2. The predicted molar refractivity (Wildman–Crippen MR) is 111 cm³/mol. The summed E-state index contributed by atoms with van der Waals surface area (Å²) in [6.07, 6.45) is 1.15. The molecule has 30 heavy (non-hydrogen) atoms. The van der Waals surface area contributed by atoms with E-state index in [-0.39, 0.29) is 24.2 Å². The molecular weight excluding hydrogens is 390 g/mol. The van der Waals surface area contributed by atoms with E-state index in [0.717, 1.165) is 5.56 Å². The minimum absolute atomic E-state index is 0.0133. The number of guanidine groups is 1. The maximum Gasteiger partial charge on any atom is 0.243 e. The van der Waals surface area contributed by atoms with Crippen LogP contribution in [0.3, 0.4) is 0 Å². The van der Waals surface area contributed by atoms with Gasteiger partial charge in [-0.2, -0.15) is 0 Å². The lowest BCUT2D eigenvalue weighted by molar-refractivity contribution is -0.148. The summed E-state index contributed by atoms with van der Waals surface area (Å²) < 4.78 is 0. The molecular formula is C19H29N7O4. The van der Waals surface area contributed by atoms with Gasteiger partial charge < -0.3 is 37.8 Å². The lowest BCUT2D eigenvalue weighted by Gasteiger charge is -2.40. The lowest BCUT2D eigenvalue weighted by atomic mass is 9.99. The zero-order chi connectivity index (χ0) is 22.3. The van der Waals surface area contributed by atoms with Crippen LogP contribution >= 0.6 is 0 Å². The number of amides is 3. The van der Waals surface area contributed by atoms with Crippen LogP contribution in [0.4, 0.5) is 0 Å². The average Bonchev–Trinajstić information content (AvgIpc) is 2.70. The molecule has 0 saturated carbocycles. The van der Waals surface area contributed by atoms with E-state index in [4.69, 9.17) is 17.2 Å². The van der Waals surface area contributed by atoms with Crippen molar-refractivity contribution in [1.82, 2.24) is 15.5 Å². The zero-order valence-electron chi connectivity index (χ0n) is 16.9. The highest BCUT2D eigenvalue weighted by atomic mass is 16.3. The third kappa shape index (κ3) is 6.08. The molecule has 2 rings (SSSR count). The van der Waals surface area contributed by atoms with Crippen LogP contribution in [0.1, 0.15) is 18.4 Å². The van der Waals surface area contributed by atoms with Crippen molar-refractivity contribution in [3.63, 3.8) is 0 Å². The van der Waals surface area contributed by atoms with Crippen LogP contribution in [-0.2, 0) is 20.8 Å². The molecule has 1 aromatic rings. The van der Waals surface area contributed by atoms with Gasteiger partial charge in [0, 0.05) is 6.54 Å². The number of phenolic OH excluding ortho intramolecular Hbond substituents is 1. The molecule has 11 nitrogen and oxygen atoms in total. The van der Waals surface area contributed by atoms with Crippen molar-refractivity contribution in [2.24, 2.45) is 22.2 Å². The number of aliphatic imine (C=N–C) groups is 1. The first kappa shape index (κ1) is 22.9. The van der Waals surface area contributed by atoms with Crippen LogP contribution in [0.15, 0.2) is 29.3 Å². The summed E-state index contributed by atoms with van der Waals surface area (Å²) in [4.78, 5) is 42.8. The molecule has 11 heteroatoms. The molecule has 1 aliphatic rings. The standard InChI is InChI=1S/C19H29N7O4/c1-23-13(9-11-4-6-12(27)7-5-11)18(30)26-10-14(16(20)28)25-17(29)15(26)3-2-8-24-19(21)22/h4-7,13-15,23,27H,2-3,8-10H2,1H3,(H2,20,28)(H,25,29)(H4,21,22,24)/t13-,14+,15-/m0/s1. The quantitative estimate of drug-likeness (QED) is 0.148. The van der Waals surface area contributed by atoms with E-state index < -0.39 is 29.9 Å². The number of phenols is 1. The first-order chi connectivity index (χ1) is 14.2. The van der Waals surface area contributed by atoms with Gasteiger partial charge in [-0.25, -0.2) is 0 Å². The van der Waals surface area contributed by atoms with Gasteiger partial charge in [0.25, 0.3) is 0 Å². The highest BCUT2D eigenvalue weighted by molar-refractivity contribution is 5.95. The fourth-order valence-corrected chi connectivity index (χ4v) is 3.34. The Labute approximate surface area is 174 Å². The molecule has 1 aromatic carbocycles. The van der Waals surface area contributed by atoms with Gasteiger partial charge in [-0.3, -0.25) is 19.4 Å². The highest BCUT2D eigenvalue weighted by Crippen LogP contribution is 2.18. The van der Waals surface area contributed by atoms with E-state index in [2.05, 4.69) is 15.6 Å². The van der Waals surface area contributed by atoms with E-state index in [1.54, 1.807) is 19.2 Å². The summed E-state index contributed by atoms with van der Waals surface area (Å²) in [5, 5.41) is 15.0. The molecule has 0 aliphatic carbocycles. The highest BCUT2D eigenvalue weighted by Gasteiger charge is 2.40. The van der Waals surface area contributed by atoms with Crippen LogP contribution in [-0.4, -0.2) is 72.0 Å². The SMILES string of the molecule is CN[C@@H](Cc1ccc(O)cc1)C(=O)N1C[C@H](C(N)=O)NC(=O)[C@@H]1CCCN=C(N)N. The number of carbonyl (C=O) groups excluding carboxylic acids is 3.